The largest absolute Gasteiger partial charge is 0.508 e. The summed E-state index contributed by atoms with van der Waals surface area (Å²) in [5.41, 5.74) is 3.52. The number of phenolic OH excluding ortho intramolecular Hbond substituents is 1. The topological polar surface area (TPSA) is 61.4 Å². The van der Waals surface area contributed by atoms with Crippen molar-refractivity contribution in [3.05, 3.63) is 53.6 Å². The molecule has 0 saturated heterocycles. The third-order valence-corrected chi connectivity index (χ3v) is 3.46. The molecule has 4 heteroatoms. The van der Waals surface area contributed by atoms with Gasteiger partial charge in [0.1, 0.15) is 5.75 Å². The summed E-state index contributed by atoms with van der Waals surface area (Å²) in [5, 5.41) is 15.4. The maximum atomic E-state index is 12.4. The second-order valence-electron chi connectivity index (χ2n) is 4.86. The highest BCUT2D eigenvalue weighted by atomic mass is 16.3. The number of hydrogen-bond donors (Lipinski definition) is 3. The molecule has 2 aromatic carbocycles. The smallest absolute Gasteiger partial charge is 0.256 e. The second kappa shape index (κ2) is 5.25. The maximum Gasteiger partial charge on any atom is 0.256 e. The molecule has 1 aliphatic heterocycles. The van der Waals surface area contributed by atoms with Crippen molar-refractivity contribution in [1.82, 2.24) is 0 Å². The molecule has 0 aromatic heterocycles. The van der Waals surface area contributed by atoms with Gasteiger partial charge in [-0.15, -0.1) is 0 Å². The molecule has 102 valence electrons. The minimum absolute atomic E-state index is 0.115. The van der Waals surface area contributed by atoms with Crippen LogP contribution in [0.3, 0.4) is 0 Å². The van der Waals surface area contributed by atoms with E-state index in [1.54, 1.807) is 24.3 Å². The van der Waals surface area contributed by atoms with Crippen LogP contribution in [-0.2, 0) is 6.42 Å². The molecule has 0 bridgehead atoms. The lowest BCUT2D eigenvalue weighted by atomic mass is 9.97. The standard InChI is InChI=1S/C16H16N2O2/c19-12-8-6-11(7-9-12)18-16(20)14-3-1-5-15-13(14)4-2-10-17-15/h1,3,5-9,17,19H,2,4,10H2,(H,18,20). The molecular formula is C16H16N2O2. The van der Waals surface area contributed by atoms with E-state index in [2.05, 4.69) is 10.6 Å². The number of aromatic hydroxyl groups is 1. The van der Waals surface area contributed by atoms with E-state index in [4.69, 9.17) is 0 Å². The van der Waals surface area contributed by atoms with E-state index in [-0.39, 0.29) is 11.7 Å². The van der Waals surface area contributed by atoms with Crippen LogP contribution < -0.4 is 10.6 Å². The molecule has 3 N–H and O–H groups in total. The number of benzene rings is 2. The van der Waals surface area contributed by atoms with Gasteiger partial charge in [0.2, 0.25) is 0 Å². The molecule has 0 spiro atoms. The number of fused-ring (bicyclic) bond motifs is 1. The van der Waals surface area contributed by atoms with Crippen molar-refractivity contribution in [3.8, 4) is 5.75 Å². The molecule has 1 heterocycles. The van der Waals surface area contributed by atoms with Crippen molar-refractivity contribution in [2.75, 3.05) is 17.2 Å². The van der Waals surface area contributed by atoms with Gasteiger partial charge in [-0.3, -0.25) is 4.79 Å². The van der Waals surface area contributed by atoms with Gasteiger partial charge in [-0.25, -0.2) is 0 Å². The Bertz CT molecular complexity index is 635. The third kappa shape index (κ3) is 2.45. The fourth-order valence-corrected chi connectivity index (χ4v) is 2.47. The minimum atomic E-state index is -0.115. The van der Waals surface area contributed by atoms with Crippen LogP contribution in [0, 0.1) is 0 Å². The van der Waals surface area contributed by atoms with Gasteiger partial charge in [0.25, 0.3) is 5.91 Å². The average molecular weight is 268 g/mol. The molecule has 1 aliphatic rings. The highest BCUT2D eigenvalue weighted by Crippen LogP contribution is 2.26. The zero-order valence-electron chi connectivity index (χ0n) is 11.0. The Morgan fingerprint density at radius 2 is 1.95 bits per heavy atom. The summed E-state index contributed by atoms with van der Waals surface area (Å²) in [6.45, 7) is 0.954. The van der Waals surface area contributed by atoms with Gasteiger partial charge in [0.15, 0.2) is 0 Å². The summed E-state index contributed by atoms with van der Waals surface area (Å²) in [4.78, 5) is 12.4. The van der Waals surface area contributed by atoms with Crippen molar-refractivity contribution in [3.63, 3.8) is 0 Å². The van der Waals surface area contributed by atoms with Gasteiger partial charge in [0, 0.05) is 23.5 Å². The molecule has 0 aliphatic carbocycles. The Hall–Kier alpha value is -2.49. The van der Waals surface area contributed by atoms with E-state index in [0.29, 0.717) is 11.3 Å². The first kappa shape index (κ1) is 12.5. The zero-order chi connectivity index (χ0) is 13.9. The molecule has 3 rings (SSSR count). The first-order chi connectivity index (χ1) is 9.74. The molecule has 0 radical (unpaired) electrons. The number of carbonyl (C=O) groups is 1. The van der Waals surface area contributed by atoms with Crippen molar-refractivity contribution in [2.45, 2.75) is 12.8 Å². The van der Waals surface area contributed by atoms with Crippen LogP contribution in [0.15, 0.2) is 42.5 Å². The molecular weight excluding hydrogens is 252 g/mol. The van der Waals surface area contributed by atoms with Crippen molar-refractivity contribution >= 4 is 17.3 Å². The van der Waals surface area contributed by atoms with Crippen LogP contribution >= 0.6 is 0 Å². The Balaban J connectivity index is 1.85. The van der Waals surface area contributed by atoms with Crippen LogP contribution in [0.1, 0.15) is 22.3 Å². The summed E-state index contributed by atoms with van der Waals surface area (Å²) in [7, 11) is 0. The number of amides is 1. The first-order valence-corrected chi connectivity index (χ1v) is 6.70. The summed E-state index contributed by atoms with van der Waals surface area (Å²) >= 11 is 0. The Morgan fingerprint density at radius 1 is 1.15 bits per heavy atom. The molecule has 0 saturated carbocycles. The number of phenols is 1. The van der Waals surface area contributed by atoms with E-state index < -0.39 is 0 Å². The molecule has 0 atom stereocenters. The minimum Gasteiger partial charge on any atom is -0.508 e. The monoisotopic (exact) mass is 268 g/mol. The van der Waals surface area contributed by atoms with Gasteiger partial charge >= 0.3 is 0 Å². The summed E-state index contributed by atoms with van der Waals surface area (Å²) in [5.74, 6) is 0.0699. The molecule has 20 heavy (non-hydrogen) atoms. The Labute approximate surface area is 117 Å². The maximum absolute atomic E-state index is 12.4. The lowest BCUT2D eigenvalue weighted by Crippen LogP contribution is -2.19. The number of anilines is 2. The lowest BCUT2D eigenvalue weighted by Gasteiger charge is -2.20. The summed E-state index contributed by atoms with van der Waals surface area (Å²) in [6.07, 6.45) is 1.96. The van der Waals surface area contributed by atoms with Crippen molar-refractivity contribution < 1.29 is 9.90 Å². The average Bonchev–Trinajstić information content (AvgIpc) is 2.49. The van der Waals surface area contributed by atoms with E-state index in [9.17, 15) is 9.90 Å². The second-order valence-corrected chi connectivity index (χ2v) is 4.86. The fraction of sp³-hybridized carbons (Fsp3) is 0.188. The molecule has 1 amide bonds. The first-order valence-electron chi connectivity index (χ1n) is 6.70. The van der Waals surface area contributed by atoms with Crippen LogP contribution in [-0.4, -0.2) is 17.6 Å². The van der Waals surface area contributed by atoms with Gasteiger partial charge in [-0.1, -0.05) is 6.07 Å². The molecule has 2 aromatic rings. The van der Waals surface area contributed by atoms with Gasteiger partial charge in [-0.2, -0.15) is 0 Å². The Kier molecular flexibility index (Phi) is 3.29. The highest BCUT2D eigenvalue weighted by Gasteiger charge is 2.17. The zero-order valence-corrected chi connectivity index (χ0v) is 11.0. The van der Waals surface area contributed by atoms with Gasteiger partial charge < -0.3 is 15.7 Å². The number of rotatable bonds is 2. The van der Waals surface area contributed by atoms with E-state index in [1.165, 1.54) is 0 Å². The number of nitrogens with one attached hydrogen (secondary N) is 2. The van der Waals surface area contributed by atoms with Gasteiger partial charge in [0.05, 0.1) is 0 Å². The summed E-state index contributed by atoms with van der Waals surface area (Å²) in [6, 6.07) is 12.2. The van der Waals surface area contributed by atoms with Crippen LogP contribution in [0.2, 0.25) is 0 Å². The molecule has 4 nitrogen and oxygen atoms in total. The van der Waals surface area contributed by atoms with Crippen molar-refractivity contribution in [1.29, 1.82) is 0 Å². The van der Waals surface area contributed by atoms with E-state index >= 15 is 0 Å². The predicted octanol–water partition coefficient (Wildman–Crippen LogP) is 3.00. The number of carbonyl (C=O) groups excluding carboxylic acids is 1. The van der Waals surface area contributed by atoms with Crippen LogP contribution in [0.4, 0.5) is 11.4 Å². The molecule has 0 fully saturated rings. The third-order valence-electron chi connectivity index (χ3n) is 3.46. The SMILES string of the molecule is O=C(Nc1ccc(O)cc1)c1cccc2c1CCCN2. The lowest BCUT2D eigenvalue weighted by molar-refractivity contribution is 0.102. The van der Waals surface area contributed by atoms with Crippen LogP contribution in [0.25, 0.3) is 0 Å². The molecule has 0 unspecified atom stereocenters. The van der Waals surface area contributed by atoms with E-state index in [0.717, 1.165) is 30.6 Å². The highest BCUT2D eigenvalue weighted by molar-refractivity contribution is 6.06. The van der Waals surface area contributed by atoms with E-state index in [1.807, 2.05) is 18.2 Å². The quantitative estimate of drug-likeness (QED) is 0.734. The number of hydrogen-bond acceptors (Lipinski definition) is 3. The normalized spacial score (nSPS) is 13.2. The fourth-order valence-electron chi connectivity index (χ4n) is 2.47. The Morgan fingerprint density at radius 3 is 2.75 bits per heavy atom. The van der Waals surface area contributed by atoms with Gasteiger partial charge in [-0.05, 0) is 54.8 Å². The van der Waals surface area contributed by atoms with Crippen LogP contribution in [0.5, 0.6) is 5.75 Å². The van der Waals surface area contributed by atoms with Crippen molar-refractivity contribution in [2.24, 2.45) is 0 Å². The predicted molar refractivity (Wildman–Crippen MR) is 79.3 cm³/mol. The summed E-state index contributed by atoms with van der Waals surface area (Å²) < 4.78 is 0.